The summed E-state index contributed by atoms with van der Waals surface area (Å²) in [6.07, 6.45) is -0.720. The van der Waals surface area contributed by atoms with Gasteiger partial charge in [-0.2, -0.15) is 0 Å². The molecule has 0 amide bonds. The molecule has 3 heteroatoms. The van der Waals surface area contributed by atoms with Gasteiger partial charge in [-0.1, -0.05) is 12.1 Å². The molecule has 0 aromatic heterocycles. The molecule has 1 N–H and O–H groups in total. The quantitative estimate of drug-likeness (QED) is 0.718. The van der Waals surface area contributed by atoms with Gasteiger partial charge in [-0.3, -0.25) is 0 Å². The maximum Gasteiger partial charge on any atom is 0.152 e. The highest BCUT2D eigenvalue weighted by atomic mass is 16.6. The molecule has 0 aliphatic heterocycles. The molecule has 3 nitrogen and oxygen atoms in total. The topological polar surface area (TPSA) is 38.7 Å². The fraction of sp³-hybridized carbons (Fsp3) is 0.400. The van der Waals surface area contributed by atoms with Crippen LogP contribution in [0, 0.1) is 0 Å². The van der Waals surface area contributed by atoms with Gasteiger partial charge >= 0.3 is 0 Å². The first-order chi connectivity index (χ1) is 6.22. The first-order valence-corrected chi connectivity index (χ1v) is 4.15. The van der Waals surface area contributed by atoms with Crippen LogP contribution in [0.5, 0.6) is 5.75 Å². The lowest BCUT2D eigenvalue weighted by Crippen LogP contribution is -2.05. The predicted molar refractivity (Wildman–Crippen MR) is 49.5 cm³/mol. The lowest BCUT2D eigenvalue weighted by Gasteiger charge is -2.06. The van der Waals surface area contributed by atoms with Gasteiger partial charge in [0.2, 0.25) is 0 Å². The Morgan fingerprint density at radius 3 is 2.38 bits per heavy atom. The minimum atomic E-state index is -0.720. The van der Waals surface area contributed by atoms with Crippen LogP contribution in [0.25, 0.3) is 0 Å². The van der Waals surface area contributed by atoms with E-state index in [0.29, 0.717) is 6.61 Å². The summed E-state index contributed by atoms with van der Waals surface area (Å²) in [6, 6.07) is 7.53. The Balaban J connectivity index is 2.49. The smallest absolute Gasteiger partial charge is 0.152 e. The summed E-state index contributed by atoms with van der Waals surface area (Å²) in [7, 11) is 1.63. The van der Waals surface area contributed by atoms with Crippen LogP contribution in [0.3, 0.4) is 0 Å². The Morgan fingerprint density at radius 1 is 1.31 bits per heavy atom. The number of ether oxygens (including phenoxy) is 2. The van der Waals surface area contributed by atoms with E-state index in [9.17, 15) is 0 Å². The van der Waals surface area contributed by atoms with Gasteiger partial charge in [-0.25, -0.2) is 0 Å². The maximum absolute atomic E-state index is 8.87. The number of hydrogen-bond donors (Lipinski definition) is 1. The van der Waals surface area contributed by atoms with Crippen molar-refractivity contribution in [2.24, 2.45) is 0 Å². The van der Waals surface area contributed by atoms with Crippen LogP contribution in [0.4, 0.5) is 0 Å². The molecule has 72 valence electrons. The molecule has 0 spiro atoms. The van der Waals surface area contributed by atoms with Gasteiger partial charge in [0.1, 0.15) is 5.75 Å². The van der Waals surface area contributed by atoms with Crippen molar-refractivity contribution < 1.29 is 14.6 Å². The third kappa shape index (κ3) is 3.44. The Labute approximate surface area is 77.9 Å². The van der Waals surface area contributed by atoms with Crippen molar-refractivity contribution >= 4 is 0 Å². The monoisotopic (exact) mass is 182 g/mol. The van der Waals surface area contributed by atoms with E-state index in [-0.39, 0.29) is 0 Å². The number of aliphatic hydroxyl groups is 1. The van der Waals surface area contributed by atoms with Crippen molar-refractivity contribution in [3.63, 3.8) is 0 Å². The fourth-order valence-electron chi connectivity index (χ4n) is 0.939. The van der Waals surface area contributed by atoms with E-state index >= 15 is 0 Å². The highest BCUT2D eigenvalue weighted by molar-refractivity contribution is 5.26. The second-order valence-corrected chi connectivity index (χ2v) is 2.76. The van der Waals surface area contributed by atoms with Crippen LogP contribution in [0.1, 0.15) is 12.5 Å². The summed E-state index contributed by atoms with van der Waals surface area (Å²) in [4.78, 5) is 0. The van der Waals surface area contributed by atoms with E-state index in [0.717, 1.165) is 11.3 Å². The van der Waals surface area contributed by atoms with Gasteiger partial charge in [0.25, 0.3) is 0 Å². The summed E-state index contributed by atoms with van der Waals surface area (Å²) in [5.41, 5.74) is 1.02. The molecule has 0 heterocycles. The summed E-state index contributed by atoms with van der Waals surface area (Å²) in [5, 5.41) is 8.87. The molecule has 0 saturated carbocycles. The Hall–Kier alpha value is -1.06. The molecule has 0 radical (unpaired) electrons. The van der Waals surface area contributed by atoms with Crippen molar-refractivity contribution in [2.75, 3.05) is 7.11 Å². The molecular formula is C10H14O3. The second-order valence-electron chi connectivity index (χ2n) is 2.76. The molecule has 0 aliphatic rings. The van der Waals surface area contributed by atoms with E-state index in [2.05, 4.69) is 0 Å². The van der Waals surface area contributed by atoms with E-state index in [1.54, 1.807) is 14.0 Å². The van der Waals surface area contributed by atoms with Gasteiger partial charge in [0, 0.05) is 0 Å². The largest absolute Gasteiger partial charge is 0.497 e. The molecule has 1 atom stereocenters. The molecular weight excluding hydrogens is 168 g/mol. The van der Waals surface area contributed by atoms with Crippen molar-refractivity contribution in [1.29, 1.82) is 0 Å². The van der Waals surface area contributed by atoms with Gasteiger partial charge in [-0.15, -0.1) is 0 Å². The number of aliphatic hydroxyl groups excluding tert-OH is 1. The van der Waals surface area contributed by atoms with Crippen molar-refractivity contribution in [1.82, 2.24) is 0 Å². The van der Waals surface area contributed by atoms with E-state index in [4.69, 9.17) is 14.6 Å². The zero-order valence-electron chi connectivity index (χ0n) is 7.86. The lowest BCUT2D eigenvalue weighted by molar-refractivity contribution is -0.0939. The molecule has 0 saturated heterocycles. The molecule has 1 aromatic carbocycles. The Bertz CT molecular complexity index is 241. The van der Waals surface area contributed by atoms with Crippen molar-refractivity contribution in [3.8, 4) is 5.75 Å². The molecule has 1 aromatic rings. The normalized spacial score (nSPS) is 12.5. The van der Waals surface area contributed by atoms with Gasteiger partial charge in [0.05, 0.1) is 13.7 Å². The molecule has 1 unspecified atom stereocenters. The molecule has 0 fully saturated rings. The molecule has 1 rings (SSSR count). The summed E-state index contributed by atoms with van der Waals surface area (Å²) in [6.45, 7) is 2.01. The van der Waals surface area contributed by atoms with E-state index in [1.165, 1.54) is 0 Å². The summed E-state index contributed by atoms with van der Waals surface area (Å²) in [5.74, 6) is 0.820. The fourth-order valence-corrected chi connectivity index (χ4v) is 0.939. The van der Waals surface area contributed by atoms with Gasteiger partial charge in [0.15, 0.2) is 6.29 Å². The SMILES string of the molecule is COc1ccc(COC(C)O)cc1. The van der Waals surface area contributed by atoms with Crippen molar-refractivity contribution in [2.45, 2.75) is 19.8 Å². The Kier molecular flexibility index (Phi) is 3.73. The number of rotatable bonds is 4. The number of methoxy groups -OCH3 is 1. The number of hydrogen-bond acceptors (Lipinski definition) is 3. The van der Waals surface area contributed by atoms with Gasteiger partial charge < -0.3 is 14.6 Å². The lowest BCUT2D eigenvalue weighted by atomic mass is 10.2. The second kappa shape index (κ2) is 4.84. The van der Waals surface area contributed by atoms with Crippen LogP contribution in [-0.4, -0.2) is 18.5 Å². The molecule has 0 aliphatic carbocycles. The number of benzene rings is 1. The van der Waals surface area contributed by atoms with Crippen LogP contribution in [0.15, 0.2) is 24.3 Å². The highest BCUT2D eigenvalue weighted by Gasteiger charge is 1.97. The standard InChI is InChI=1S/C10H14O3/c1-8(11)13-7-9-3-5-10(12-2)6-4-9/h3-6,8,11H,7H2,1-2H3. The summed E-state index contributed by atoms with van der Waals surface area (Å²) >= 11 is 0. The van der Waals surface area contributed by atoms with E-state index < -0.39 is 6.29 Å². The zero-order chi connectivity index (χ0) is 9.68. The summed E-state index contributed by atoms with van der Waals surface area (Å²) < 4.78 is 10.0. The third-order valence-corrected chi connectivity index (χ3v) is 1.65. The zero-order valence-corrected chi connectivity index (χ0v) is 7.86. The first kappa shape index (κ1) is 10.0. The Morgan fingerprint density at radius 2 is 1.92 bits per heavy atom. The van der Waals surface area contributed by atoms with Gasteiger partial charge in [-0.05, 0) is 24.6 Å². The van der Waals surface area contributed by atoms with Crippen LogP contribution in [0.2, 0.25) is 0 Å². The van der Waals surface area contributed by atoms with Crippen LogP contribution in [-0.2, 0) is 11.3 Å². The average Bonchev–Trinajstić information content (AvgIpc) is 2.15. The predicted octanol–water partition coefficient (Wildman–Crippen LogP) is 1.55. The third-order valence-electron chi connectivity index (χ3n) is 1.65. The minimum Gasteiger partial charge on any atom is -0.497 e. The average molecular weight is 182 g/mol. The molecule has 0 bridgehead atoms. The van der Waals surface area contributed by atoms with Crippen LogP contribution < -0.4 is 4.74 Å². The van der Waals surface area contributed by atoms with E-state index in [1.807, 2.05) is 24.3 Å². The maximum atomic E-state index is 8.87. The minimum absolute atomic E-state index is 0.418. The van der Waals surface area contributed by atoms with Crippen LogP contribution >= 0.6 is 0 Å². The highest BCUT2D eigenvalue weighted by Crippen LogP contribution is 2.12. The molecule has 13 heavy (non-hydrogen) atoms. The first-order valence-electron chi connectivity index (χ1n) is 4.15. The van der Waals surface area contributed by atoms with Crippen molar-refractivity contribution in [3.05, 3.63) is 29.8 Å².